The second kappa shape index (κ2) is 5.37. The number of nitrogens with two attached hydrogens (primary N) is 1. The number of benzene rings is 1. The van der Waals surface area contributed by atoms with Gasteiger partial charge in [-0.3, -0.25) is 0 Å². The van der Waals surface area contributed by atoms with Crippen molar-refractivity contribution in [2.24, 2.45) is 10.9 Å². The molecular formula is C12H10ClN3O2. The molecule has 18 heavy (non-hydrogen) atoms. The first-order valence-corrected chi connectivity index (χ1v) is 5.45. The first-order chi connectivity index (χ1) is 8.70. The van der Waals surface area contributed by atoms with Gasteiger partial charge in [0, 0.05) is 11.2 Å². The molecule has 0 unspecified atom stereocenters. The topological polar surface area (TPSA) is 80.7 Å². The largest absolute Gasteiger partial charge is 0.455 e. The summed E-state index contributed by atoms with van der Waals surface area (Å²) in [5.74, 6) is 0.870. The van der Waals surface area contributed by atoms with Gasteiger partial charge in [0.25, 0.3) is 0 Å². The van der Waals surface area contributed by atoms with E-state index in [-0.39, 0.29) is 11.5 Å². The fourth-order valence-corrected chi connectivity index (χ4v) is 1.47. The van der Waals surface area contributed by atoms with E-state index in [0.717, 1.165) is 0 Å². The zero-order valence-corrected chi connectivity index (χ0v) is 10.0. The molecular weight excluding hydrogens is 254 g/mol. The first kappa shape index (κ1) is 12.2. The monoisotopic (exact) mass is 263 g/mol. The van der Waals surface area contributed by atoms with E-state index in [1.54, 1.807) is 36.4 Å². The number of pyridine rings is 1. The molecule has 1 aromatic heterocycles. The third kappa shape index (κ3) is 2.70. The molecule has 0 saturated heterocycles. The first-order valence-electron chi connectivity index (χ1n) is 5.07. The molecule has 0 amide bonds. The van der Waals surface area contributed by atoms with Crippen LogP contribution in [-0.2, 0) is 0 Å². The van der Waals surface area contributed by atoms with Gasteiger partial charge in [-0.15, -0.1) is 0 Å². The van der Waals surface area contributed by atoms with Crippen molar-refractivity contribution >= 4 is 17.4 Å². The van der Waals surface area contributed by atoms with Gasteiger partial charge in [-0.05, 0) is 36.4 Å². The number of ether oxygens (including phenoxy) is 1. The number of rotatable bonds is 3. The Morgan fingerprint density at radius 2 is 2.00 bits per heavy atom. The van der Waals surface area contributed by atoms with Gasteiger partial charge in [0.2, 0.25) is 0 Å². The second-order valence-corrected chi connectivity index (χ2v) is 3.83. The Balaban J connectivity index is 2.32. The van der Waals surface area contributed by atoms with Crippen LogP contribution in [0.4, 0.5) is 0 Å². The molecule has 2 rings (SSSR count). The van der Waals surface area contributed by atoms with Gasteiger partial charge in [-0.25, -0.2) is 4.98 Å². The van der Waals surface area contributed by atoms with Crippen molar-refractivity contribution in [2.45, 2.75) is 0 Å². The molecule has 0 spiro atoms. The minimum atomic E-state index is -0.112. The summed E-state index contributed by atoms with van der Waals surface area (Å²) in [6.45, 7) is 0. The van der Waals surface area contributed by atoms with Crippen LogP contribution in [0.5, 0.6) is 11.5 Å². The Morgan fingerprint density at radius 1 is 1.28 bits per heavy atom. The molecule has 0 fully saturated rings. The van der Waals surface area contributed by atoms with Crippen LogP contribution in [0.15, 0.2) is 47.8 Å². The van der Waals surface area contributed by atoms with Crippen molar-refractivity contribution in [2.75, 3.05) is 0 Å². The number of amidine groups is 1. The highest BCUT2D eigenvalue weighted by molar-refractivity contribution is 6.30. The Hall–Kier alpha value is -2.27. The van der Waals surface area contributed by atoms with Crippen LogP contribution >= 0.6 is 11.6 Å². The molecule has 0 bridgehead atoms. The van der Waals surface area contributed by atoms with E-state index in [2.05, 4.69) is 10.1 Å². The Kier molecular flexibility index (Phi) is 3.64. The van der Waals surface area contributed by atoms with Gasteiger partial charge >= 0.3 is 0 Å². The molecule has 3 N–H and O–H groups in total. The van der Waals surface area contributed by atoms with Crippen molar-refractivity contribution in [1.29, 1.82) is 0 Å². The van der Waals surface area contributed by atoms with Crippen LogP contribution in [0, 0.1) is 0 Å². The van der Waals surface area contributed by atoms with Crippen LogP contribution in [-0.4, -0.2) is 16.0 Å². The minimum absolute atomic E-state index is 0.112. The summed E-state index contributed by atoms with van der Waals surface area (Å²) in [4.78, 5) is 4.00. The summed E-state index contributed by atoms with van der Waals surface area (Å²) in [6, 6.07) is 10.2. The van der Waals surface area contributed by atoms with Crippen LogP contribution in [0.3, 0.4) is 0 Å². The van der Waals surface area contributed by atoms with Gasteiger partial charge in [0.15, 0.2) is 17.3 Å². The fourth-order valence-electron chi connectivity index (χ4n) is 1.34. The minimum Gasteiger partial charge on any atom is -0.455 e. The highest BCUT2D eigenvalue weighted by atomic mass is 35.5. The molecule has 2 aromatic rings. The van der Waals surface area contributed by atoms with Crippen molar-refractivity contribution in [3.05, 3.63) is 53.3 Å². The maximum absolute atomic E-state index is 8.67. The molecule has 0 aliphatic heterocycles. The summed E-state index contributed by atoms with van der Waals surface area (Å²) >= 11 is 5.78. The van der Waals surface area contributed by atoms with E-state index in [1.807, 2.05) is 0 Å². The predicted molar refractivity (Wildman–Crippen MR) is 68.3 cm³/mol. The third-order valence-electron chi connectivity index (χ3n) is 2.16. The number of aromatic nitrogens is 1. The average Bonchev–Trinajstić information content (AvgIpc) is 2.41. The fraction of sp³-hybridized carbons (Fsp3) is 0. The SMILES string of the molecule is N/C(=N/O)c1ncccc1Oc1ccc(Cl)cc1. The van der Waals surface area contributed by atoms with E-state index < -0.39 is 0 Å². The zero-order chi connectivity index (χ0) is 13.0. The lowest BCUT2D eigenvalue weighted by Gasteiger charge is -2.08. The summed E-state index contributed by atoms with van der Waals surface area (Å²) in [7, 11) is 0. The molecule has 0 atom stereocenters. The molecule has 0 saturated carbocycles. The predicted octanol–water partition coefficient (Wildman–Crippen LogP) is 2.62. The van der Waals surface area contributed by atoms with Gasteiger partial charge in [-0.2, -0.15) is 0 Å². The summed E-state index contributed by atoms with van der Waals surface area (Å²) in [5.41, 5.74) is 5.78. The Morgan fingerprint density at radius 3 is 2.67 bits per heavy atom. The normalized spacial score (nSPS) is 11.3. The van der Waals surface area contributed by atoms with Gasteiger partial charge in [0.05, 0.1) is 0 Å². The molecule has 0 aliphatic carbocycles. The van der Waals surface area contributed by atoms with Crippen molar-refractivity contribution < 1.29 is 9.94 Å². The lowest BCUT2D eigenvalue weighted by atomic mass is 10.3. The van der Waals surface area contributed by atoms with Crippen LogP contribution in [0.1, 0.15) is 5.69 Å². The van der Waals surface area contributed by atoms with Crippen molar-refractivity contribution in [3.8, 4) is 11.5 Å². The lowest BCUT2D eigenvalue weighted by molar-refractivity contribution is 0.318. The summed E-state index contributed by atoms with van der Waals surface area (Å²) < 4.78 is 5.59. The lowest BCUT2D eigenvalue weighted by Crippen LogP contribution is -2.15. The standard InChI is InChI=1S/C12H10ClN3O2/c13-8-3-5-9(6-4-8)18-10-2-1-7-15-11(10)12(14)16-17/h1-7,17H,(H2,14,16). The van der Waals surface area contributed by atoms with Crippen LogP contribution in [0.25, 0.3) is 0 Å². The molecule has 0 aliphatic rings. The zero-order valence-electron chi connectivity index (χ0n) is 9.25. The average molecular weight is 264 g/mol. The molecule has 1 aromatic carbocycles. The molecule has 92 valence electrons. The van der Waals surface area contributed by atoms with Crippen molar-refractivity contribution in [1.82, 2.24) is 4.98 Å². The van der Waals surface area contributed by atoms with Crippen LogP contribution in [0.2, 0.25) is 5.02 Å². The van der Waals surface area contributed by atoms with E-state index in [4.69, 9.17) is 27.3 Å². The number of halogens is 1. The number of hydrogen-bond donors (Lipinski definition) is 2. The maximum Gasteiger partial charge on any atom is 0.192 e. The number of oxime groups is 1. The quantitative estimate of drug-likeness (QED) is 0.386. The molecule has 6 heteroatoms. The number of hydrogen-bond acceptors (Lipinski definition) is 4. The molecule has 1 heterocycles. The Labute approximate surface area is 108 Å². The van der Waals surface area contributed by atoms with Crippen molar-refractivity contribution in [3.63, 3.8) is 0 Å². The summed E-state index contributed by atoms with van der Waals surface area (Å²) in [6.07, 6.45) is 1.53. The smallest absolute Gasteiger partial charge is 0.192 e. The second-order valence-electron chi connectivity index (χ2n) is 3.39. The molecule has 0 radical (unpaired) electrons. The van der Waals surface area contributed by atoms with E-state index in [0.29, 0.717) is 16.5 Å². The third-order valence-corrected chi connectivity index (χ3v) is 2.41. The van der Waals surface area contributed by atoms with E-state index >= 15 is 0 Å². The maximum atomic E-state index is 8.67. The summed E-state index contributed by atoms with van der Waals surface area (Å²) in [5, 5.41) is 12.2. The molecule has 5 nitrogen and oxygen atoms in total. The van der Waals surface area contributed by atoms with E-state index in [1.165, 1.54) is 6.20 Å². The van der Waals surface area contributed by atoms with Gasteiger partial charge in [0.1, 0.15) is 5.75 Å². The number of nitrogens with zero attached hydrogens (tertiary/aromatic N) is 2. The van der Waals surface area contributed by atoms with E-state index in [9.17, 15) is 0 Å². The van der Waals surface area contributed by atoms with Gasteiger partial charge < -0.3 is 15.7 Å². The Bertz CT molecular complexity index is 570. The highest BCUT2D eigenvalue weighted by Gasteiger charge is 2.10. The van der Waals surface area contributed by atoms with Gasteiger partial charge in [-0.1, -0.05) is 16.8 Å². The van der Waals surface area contributed by atoms with Crippen LogP contribution < -0.4 is 10.5 Å². The highest BCUT2D eigenvalue weighted by Crippen LogP contribution is 2.24.